The van der Waals surface area contributed by atoms with Gasteiger partial charge >= 0.3 is 6.18 Å². The maximum Gasteiger partial charge on any atom is 0.416 e. The molecule has 0 radical (unpaired) electrons. The molecule has 0 saturated carbocycles. The van der Waals surface area contributed by atoms with Gasteiger partial charge in [0.2, 0.25) is 0 Å². The number of thioether (sulfide) groups is 1. The van der Waals surface area contributed by atoms with Crippen molar-refractivity contribution in [3.63, 3.8) is 0 Å². The van der Waals surface area contributed by atoms with Crippen molar-refractivity contribution in [3.05, 3.63) is 64.6 Å². The minimum absolute atomic E-state index is 0.0976. The van der Waals surface area contributed by atoms with Crippen molar-refractivity contribution >= 4 is 46.0 Å². The summed E-state index contributed by atoms with van der Waals surface area (Å²) < 4.78 is 44.0. The van der Waals surface area contributed by atoms with Gasteiger partial charge in [-0.1, -0.05) is 42.2 Å². The van der Waals surface area contributed by atoms with Crippen LogP contribution in [-0.4, -0.2) is 17.3 Å². The number of hydrogen-bond donors (Lipinski definition) is 0. The predicted molar refractivity (Wildman–Crippen MR) is 100 cm³/mol. The SMILES string of the molecule is COc1ccc(C=C2SC(=S)N(c3cccc(C(F)(F)F)c3)C2=O)cc1. The molecular formula is C18H12F3NO2S2. The first-order chi connectivity index (χ1) is 12.3. The first kappa shape index (κ1) is 18.5. The lowest BCUT2D eigenvalue weighted by Gasteiger charge is -2.16. The topological polar surface area (TPSA) is 29.5 Å². The lowest BCUT2D eigenvalue weighted by atomic mass is 10.1. The number of thiocarbonyl (C=S) groups is 1. The number of ether oxygens (including phenoxy) is 1. The second-order valence-corrected chi connectivity index (χ2v) is 7.01. The van der Waals surface area contributed by atoms with Gasteiger partial charge in [-0.25, -0.2) is 0 Å². The summed E-state index contributed by atoms with van der Waals surface area (Å²) in [6, 6.07) is 11.6. The van der Waals surface area contributed by atoms with Crippen LogP contribution in [0.25, 0.3) is 6.08 Å². The van der Waals surface area contributed by atoms with Crippen LogP contribution < -0.4 is 9.64 Å². The Balaban J connectivity index is 1.90. The Morgan fingerprint density at radius 1 is 1.15 bits per heavy atom. The summed E-state index contributed by atoms with van der Waals surface area (Å²) in [7, 11) is 1.55. The number of anilines is 1. The van der Waals surface area contributed by atoms with Gasteiger partial charge in [0.1, 0.15) is 5.75 Å². The molecule has 0 spiro atoms. The van der Waals surface area contributed by atoms with Crippen molar-refractivity contribution in [1.29, 1.82) is 0 Å². The third-order valence-electron chi connectivity index (χ3n) is 3.64. The second-order valence-electron chi connectivity index (χ2n) is 5.34. The number of halogens is 3. The first-order valence-electron chi connectivity index (χ1n) is 7.39. The summed E-state index contributed by atoms with van der Waals surface area (Å²) in [5.74, 6) is 0.230. The van der Waals surface area contributed by atoms with Crippen LogP contribution in [0.1, 0.15) is 11.1 Å². The van der Waals surface area contributed by atoms with Gasteiger partial charge < -0.3 is 4.74 Å². The van der Waals surface area contributed by atoms with Crippen LogP contribution in [0, 0.1) is 0 Å². The van der Waals surface area contributed by atoms with Gasteiger partial charge in [-0.3, -0.25) is 9.69 Å². The molecule has 26 heavy (non-hydrogen) atoms. The molecule has 2 aromatic carbocycles. The van der Waals surface area contributed by atoms with Gasteiger partial charge in [0.05, 0.1) is 23.3 Å². The molecule has 0 atom stereocenters. The highest BCUT2D eigenvalue weighted by Gasteiger charge is 2.36. The van der Waals surface area contributed by atoms with Crippen LogP contribution in [-0.2, 0) is 11.0 Å². The van der Waals surface area contributed by atoms with Gasteiger partial charge in [0.15, 0.2) is 4.32 Å². The summed E-state index contributed by atoms with van der Waals surface area (Å²) >= 11 is 6.25. The van der Waals surface area contributed by atoms with Crippen LogP contribution in [0.5, 0.6) is 5.75 Å². The summed E-state index contributed by atoms with van der Waals surface area (Å²) in [6.07, 6.45) is -2.85. The summed E-state index contributed by atoms with van der Waals surface area (Å²) in [4.78, 5) is 14.1. The van der Waals surface area contributed by atoms with Gasteiger partial charge in [-0.15, -0.1) is 0 Å². The number of rotatable bonds is 3. The van der Waals surface area contributed by atoms with E-state index < -0.39 is 17.6 Å². The Hall–Kier alpha value is -2.32. The maximum atomic E-state index is 12.9. The number of carbonyl (C=O) groups is 1. The van der Waals surface area contributed by atoms with Gasteiger partial charge in [-0.2, -0.15) is 13.2 Å². The number of methoxy groups -OCH3 is 1. The molecule has 2 aromatic rings. The van der Waals surface area contributed by atoms with E-state index in [1.165, 1.54) is 12.1 Å². The predicted octanol–water partition coefficient (Wildman–Crippen LogP) is 5.12. The van der Waals surface area contributed by atoms with E-state index in [-0.39, 0.29) is 10.0 Å². The number of benzene rings is 2. The molecule has 0 bridgehead atoms. The lowest BCUT2D eigenvalue weighted by Crippen LogP contribution is -2.27. The number of hydrogen-bond acceptors (Lipinski definition) is 4. The fraction of sp³-hybridized carbons (Fsp3) is 0.111. The Morgan fingerprint density at radius 3 is 2.46 bits per heavy atom. The normalized spacial score (nSPS) is 16.5. The van der Waals surface area contributed by atoms with E-state index in [0.717, 1.165) is 34.4 Å². The smallest absolute Gasteiger partial charge is 0.416 e. The van der Waals surface area contributed by atoms with Crippen LogP contribution in [0.15, 0.2) is 53.4 Å². The van der Waals surface area contributed by atoms with Crippen LogP contribution >= 0.6 is 24.0 Å². The van der Waals surface area contributed by atoms with Crippen molar-refractivity contribution < 1.29 is 22.7 Å². The Morgan fingerprint density at radius 2 is 1.85 bits per heavy atom. The Bertz CT molecular complexity index is 892. The number of amides is 1. The van der Waals surface area contributed by atoms with E-state index >= 15 is 0 Å². The van der Waals surface area contributed by atoms with Crippen molar-refractivity contribution in [3.8, 4) is 5.75 Å². The second kappa shape index (κ2) is 7.13. The van der Waals surface area contributed by atoms with Crippen molar-refractivity contribution in [1.82, 2.24) is 0 Å². The average molecular weight is 395 g/mol. The first-order valence-corrected chi connectivity index (χ1v) is 8.61. The minimum Gasteiger partial charge on any atom is -0.497 e. The zero-order chi connectivity index (χ0) is 18.9. The Kier molecular flexibility index (Phi) is 5.06. The highest BCUT2D eigenvalue weighted by molar-refractivity contribution is 8.27. The fourth-order valence-corrected chi connectivity index (χ4v) is 3.66. The maximum absolute atomic E-state index is 12.9. The fourth-order valence-electron chi connectivity index (χ4n) is 2.36. The van der Waals surface area contributed by atoms with E-state index in [1.807, 2.05) is 0 Å². The van der Waals surface area contributed by atoms with Crippen LogP contribution in [0.4, 0.5) is 18.9 Å². The molecule has 1 aliphatic heterocycles. The standard InChI is InChI=1S/C18H12F3NO2S2/c1-24-14-7-5-11(6-8-14)9-15-16(23)22(17(25)26-15)13-4-2-3-12(10-13)18(19,20)21/h2-10H,1H3. The van der Waals surface area contributed by atoms with E-state index in [9.17, 15) is 18.0 Å². The summed E-state index contributed by atoms with van der Waals surface area (Å²) in [5.41, 5.74) is 0.0268. The molecule has 0 aliphatic carbocycles. The molecule has 0 N–H and O–H groups in total. The lowest BCUT2D eigenvalue weighted by molar-refractivity contribution is -0.137. The third-order valence-corrected chi connectivity index (χ3v) is 4.94. The molecule has 1 heterocycles. The highest BCUT2D eigenvalue weighted by Crippen LogP contribution is 2.38. The van der Waals surface area contributed by atoms with Crippen molar-refractivity contribution in [2.45, 2.75) is 6.18 Å². The van der Waals surface area contributed by atoms with Crippen LogP contribution in [0.3, 0.4) is 0 Å². The Labute approximate surface area is 157 Å². The van der Waals surface area contributed by atoms with E-state index in [4.69, 9.17) is 17.0 Å². The van der Waals surface area contributed by atoms with Gasteiger partial charge in [0, 0.05) is 0 Å². The zero-order valence-electron chi connectivity index (χ0n) is 13.4. The third kappa shape index (κ3) is 3.76. The molecule has 3 nitrogen and oxygen atoms in total. The number of carbonyl (C=O) groups excluding carboxylic acids is 1. The van der Waals surface area contributed by atoms with Gasteiger partial charge in [0.25, 0.3) is 5.91 Å². The summed E-state index contributed by atoms with van der Waals surface area (Å²) in [6.45, 7) is 0. The molecule has 1 saturated heterocycles. The van der Waals surface area contributed by atoms with E-state index in [1.54, 1.807) is 37.5 Å². The van der Waals surface area contributed by atoms with E-state index in [2.05, 4.69) is 0 Å². The average Bonchev–Trinajstić information content (AvgIpc) is 2.88. The van der Waals surface area contributed by atoms with Crippen molar-refractivity contribution in [2.24, 2.45) is 0 Å². The molecule has 1 fully saturated rings. The number of nitrogens with zero attached hydrogens (tertiary/aromatic N) is 1. The molecule has 134 valence electrons. The zero-order valence-corrected chi connectivity index (χ0v) is 15.0. The van der Waals surface area contributed by atoms with Crippen molar-refractivity contribution in [2.75, 3.05) is 12.0 Å². The minimum atomic E-state index is -4.49. The van der Waals surface area contributed by atoms with E-state index in [0.29, 0.717) is 10.7 Å². The molecule has 1 aliphatic rings. The molecule has 0 aromatic heterocycles. The summed E-state index contributed by atoms with van der Waals surface area (Å²) in [5, 5.41) is 0. The number of alkyl halides is 3. The largest absolute Gasteiger partial charge is 0.497 e. The molecular weight excluding hydrogens is 383 g/mol. The van der Waals surface area contributed by atoms with Crippen LogP contribution in [0.2, 0.25) is 0 Å². The quantitative estimate of drug-likeness (QED) is 0.533. The molecule has 3 rings (SSSR count). The molecule has 1 amide bonds. The monoisotopic (exact) mass is 395 g/mol. The molecule has 0 unspecified atom stereocenters. The highest BCUT2D eigenvalue weighted by atomic mass is 32.2. The molecule has 8 heteroatoms. The van der Waals surface area contributed by atoms with Gasteiger partial charge in [-0.05, 0) is 42.0 Å².